The molecule has 0 aliphatic rings. The first-order valence-corrected chi connectivity index (χ1v) is 9.76. The molecule has 0 bridgehead atoms. The molecule has 12 heteroatoms. The fourth-order valence-electron chi connectivity index (χ4n) is 2.66. The highest BCUT2D eigenvalue weighted by atomic mass is 32.2. The highest BCUT2D eigenvalue weighted by Gasteiger charge is 2.28. The first kappa shape index (κ1) is 19.6. The minimum Gasteiger partial charge on any atom is -0.360 e. The maximum atomic E-state index is 12.5. The van der Waals surface area contributed by atoms with E-state index in [2.05, 4.69) is 30.7 Å². The summed E-state index contributed by atoms with van der Waals surface area (Å²) in [5, 5.41) is 17.6. The van der Waals surface area contributed by atoms with Gasteiger partial charge in [-0.1, -0.05) is 17.3 Å². The van der Waals surface area contributed by atoms with E-state index in [1.807, 2.05) is 0 Å². The number of tetrazole rings is 1. The second-order valence-electron chi connectivity index (χ2n) is 6.19. The quantitative estimate of drug-likeness (QED) is 0.612. The number of benzene rings is 1. The van der Waals surface area contributed by atoms with Crippen molar-refractivity contribution >= 4 is 21.6 Å². The predicted octanol–water partition coefficient (Wildman–Crippen LogP) is 0.787. The molecule has 0 unspecified atom stereocenters. The second kappa shape index (κ2) is 7.48. The normalized spacial score (nSPS) is 12.7. The maximum absolute atomic E-state index is 12.5. The molecule has 2 aromatic heterocycles. The number of amides is 1. The van der Waals surface area contributed by atoms with E-state index in [-0.39, 0.29) is 16.3 Å². The number of aryl methyl sites for hydroxylation is 3. The van der Waals surface area contributed by atoms with Crippen LogP contribution in [0.5, 0.6) is 0 Å². The molecule has 11 nitrogen and oxygen atoms in total. The van der Waals surface area contributed by atoms with Crippen molar-refractivity contribution < 1.29 is 17.7 Å². The highest BCUT2D eigenvalue weighted by Crippen LogP contribution is 2.21. The van der Waals surface area contributed by atoms with Gasteiger partial charge in [0.2, 0.25) is 15.9 Å². The third-order valence-corrected chi connectivity index (χ3v) is 5.75. The number of nitrogens with zero attached hydrogens (tertiary/aromatic N) is 5. The van der Waals surface area contributed by atoms with E-state index < -0.39 is 22.0 Å². The summed E-state index contributed by atoms with van der Waals surface area (Å²) in [4.78, 5) is 12.4. The lowest BCUT2D eigenvalue weighted by Gasteiger charge is -2.14. The van der Waals surface area contributed by atoms with Crippen LogP contribution in [0.4, 0.5) is 5.69 Å². The molecule has 0 saturated heterocycles. The Hall–Kier alpha value is -3.12. The van der Waals surface area contributed by atoms with Crippen LogP contribution in [0.25, 0.3) is 11.4 Å². The molecule has 0 fully saturated rings. The van der Waals surface area contributed by atoms with Gasteiger partial charge in [0.25, 0.3) is 0 Å². The van der Waals surface area contributed by atoms with Crippen molar-refractivity contribution in [3.05, 3.63) is 35.7 Å². The van der Waals surface area contributed by atoms with Gasteiger partial charge in [0.1, 0.15) is 10.6 Å². The fourth-order valence-corrected chi connectivity index (χ4v) is 4.20. The zero-order valence-electron chi connectivity index (χ0n) is 15.7. The minimum atomic E-state index is -3.96. The van der Waals surface area contributed by atoms with Crippen molar-refractivity contribution in [2.45, 2.75) is 31.7 Å². The average molecular weight is 405 g/mol. The zero-order valence-corrected chi connectivity index (χ0v) is 16.5. The van der Waals surface area contributed by atoms with Gasteiger partial charge >= 0.3 is 0 Å². The van der Waals surface area contributed by atoms with Gasteiger partial charge in [-0.05, 0) is 43.3 Å². The number of carbonyl (C=O) groups excluding carboxylic acids is 1. The van der Waals surface area contributed by atoms with E-state index in [4.69, 9.17) is 4.52 Å². The van der Waals surface area contributed by atoms with Gasteiger partial charge in [0.05, 0.1) is 6.04 Å². The van der Waals surface area contributed by atoms with Gasteiger partial charge in [0, 0.05) is 18.3 Å². The molecule has 0 radical (unpaired) electrons. The van der Waals surface area contributed by atoms with Crippen molar-refractivity contribution in [3.63, 3.8) is 0 Å². The molecule has 148 valence electrons. The minimum absolute atomic E-state index is 0.0658. The molecule has 1 atom stereocenters. The lowest BCUT2D eigenvalue weighted by atomic mass is 10.2. The van der Waals surface area contributed by atoms with E-state index in [1.165, 1.54) is 25.5 Å². The highest BCUT2D eigenvalue weighted by molar-refractivity contribution is 7.89. The summed E-state index contributed by atoms with van der Waals surface area (Å²) in [6.07, 6.45) is 0. The number of anilines is 1. The third kappa shape index (κ3) is 3.92. The fraction of sp³-hybridized carbons (Fsp3) is 0.312. The summed E-state index contributed by atoms with van der Waals surface area (Å²) >= 11 is 0. The van der Waals surface area contributed by atoms with Crippen LogP contribution in [0.15, 0.2) is 33.7 Å². The van der Waals surface area contributed by atoms with Gasteiger partial charge in [-0.2, -0.15) is 4.72 Å². The van der Waals surface area contributed by atoms with Gasteiger partial charge < -0.3 is 9.84 Å². The zero-order chi connectivity index (χ0) is 20.5. The Morgan fingerprint density at radius 2 is 2.04 bits per heavy atom. The topological polar surface area (TPSA) is 145 Å². The largest absolute Gasteiger partial charge is 0.360 e. The number of hydrogen-bond acceptors (Lipinski definition) is 8. The lowest BCUT2D eigenvalue weighted by molar-refractivity contribution is -0.117. The molecule has 3 aromatic rings. The van der Waals surface area contributed by atoms with Crippen LogP contribution in [0.3, 0.4) is 0 Å². The number of sulfonamides is 1. The molecular formula is C16H19N7O4S. The SMILES string of the molecule is Cc1noc(C)c1S(=O)(=O)N[C@@H](C)C(=O)Nc1cccc(-c2nnnn2C)c1. The van der Waals surface area contributed by atoms with Crippen LogP contribution in [-0.4, -0.2) is 45.7 Å². The van der Waals surface area contributed by atoms with Gasteiger partial charge in [0.15, 0.2) is 11.6 Å². The van der Waals surface area contributed by atoms with E-state index in [9.17, 15) is 13.2 Å². The van der Waals surface area contributed by atoms with Gasteiger partial charge in [-0.25, -0.2) is 13.1 Å². The second-order valence-corrected chi connectivity index (χ2v) is 7.84. The van der Waals surface area contributed by atoms with Crippen LogP contribution < -0.4 is 10.0 Å². The molecule has 2 heterocycles. The molecule has 0 aliphatic heterocycles. The first-order chi connectivity index (χ1) is 13.2. The summed E-state index contributed by atoms with van der Waals surface area (Å²) in [5.41, 5.74) is 1.41. The summed E-state index contributed by atoms with van der Waals surface area (Å²) < 4.78 is 33.8. The molecule has 3 rings (SSSR count). The summed E-state index contributed by atoms with van der Waals surface area (Å²) in [6, 6.07) is 5.88. The van der Waals surface area contributed by atoms with Crippen LogP contribution in [-0.2, 0) is 21.9 Å². The van der Waals surface area contributed by atoms with E-state index in [0.717, 1.165) is 0 Å². The maximum Gasteiger partial charge on any atom is 0.246 e. The summed E-state index contributed by atoms with van der Waals surface area (Å²) in [7, 11) is -2.26. The summed E-state index contributed by atoms with van der Waals surface area (Å²) in [6.45, 7) is 4.45. The van der Waals surface area contributed by atoms with Crippen molar-refractivity contribution in [2.24, 2.45) is 7.05 Å². The molecule has 1 aromatic carbocycles. The first-order valence-electron chi connectivity index (χ1n) is 8.28. The van der Waals surface area contributed by atoms with E-state index >= 15 is 0 Å². The van der Waals surface area contributed by atoms with Gasteiger partial charge in [-0.3, -0.25) is 4.79 Å². The third-order valence-electron chi connectivity index (χ3n) is 3.97. The Labute approximate surface area is 161 Å². The smallest absolute Gasteiger partial charge is 0.246 e. The molecule has 1 amide bonds. The number of aromatic nitrogens is 5. The molecular weight excluding hydrogens is 386 g/mol. The average Bonchev–Trinajstić information content (AvgIpc) is 3.20. The Morgan fingerprint density at radius 3 is 2.64 bits per heavy atom. The van der Waals surface area contributed by atoms with E-state index in [0.29, 0.717) is 17.1 Å². The van der Waals surface area contributed by atoms with Crippen molar-refractivity contribution in [3.8, 4) is 11.4 Å². The van der Waals surface area contributed by atoms with Crippen LogP contribution in [0.1, 0.15) is 18.4 Å². The predicted molar refractivity (Wildman–Crippen MR) is 98.6 cm³/mol. The van der Waals surface area contributed by atoms with Crippen LogP contribution in [0, 0.1) is 13.8 Å². The Morgan fingerprint density at radius 1 is 1.29 bits per heavy atom. The lowest BCUT2D eigenvalue weighted by Crippen LogP contribution is -2.41. The number of rotatable bonds is 6. The Bertz CT molecular complexity index is 1100. The number of hydrogen-bond donors (Lipinski definition) is 2. The Balaban J connectivity index is 1.74. The van der Waals surface area contributed by atoms with Crippen LogP contribution >= 0.6 is 0 Å². The van der Waals surface area contributed by atoms with Crippen molar-refractivity contribution in [1.82, 2.24) is 30.1 Å². The molecule has 0 aliphatic carbocycles. The molecule has 2 N–H and O–H groups in total. The number of nitrogens with one attached hydrogen (secondary N) is 2. The van der Waals surface area contributed by atoms with Crippen molar-refractivity contribution in [2.75, 3.05) is 5.32 Å². The van der Waals surface area contributed by atoms with Gasteiger partial charge in [-0.15, -0.1) is 5.10 Å². The monoisotopic (exact) mass is 405 g/mol. The Kier molecular flexibility index (Phi) is 5.25. The van der Waals surface area contributed by atoms with Crippen LogP contribution in [0.2, 0.25) is 0 Å². The van der Waals surface area contributed by atoms with Crippen molar-refractivity contribution in [1.29, 1.82) is 0 Å². The van der Waals surface area contributed by atoms with E-state index in [1.54, 1.807) is 31.3 Å². The standard InChI is InChI=1S/C16H19N7O4S/c1-9-14(11(3)27-19-9)28(25,26)20-10(2)16(24)17-13-7-5-6-12(8-13)15-18-21-22-23(15)4/h5-8,10,20H,1-4H3,(H,17,24)/t10-/m0/s1. The molecule has 0 spiro atoms. The molecule has 0 saturated carbocycles. The molecule has 28 heavy (non-hydrogen) atoms. The summed E-state index contributed by atoms with van der Waals surface area (Å²) in [5.74, 6) is 0.162. The number of carbonyl (C=O) groups is 1.